The monoisotopic (exact) mass is 318 g/mol. The first kappa shape index (κ1) is 12.6. The van der Waals surface area contributed by atoms with Gasteiger partial charge in [-0.15, -0.1) is 0 Å². The van der Waals surface area contributed by atoms with Gasteiger partial charge in [-0.05, 0) is 24.3 Å². The van der Waals surface area contributed by atoms with Crippen molar-refractivity contribution in [1.82, 2.24) is 15.3 Å². The van der Waals surface area contributed by atoms with Gasteiger partial charge in [0.25, 0.3) is 0 Å². The summed E-state index contributed by atoms with van der Waals surface area (Å²) >= 11 is 3.46. The number of aromatic nitrogens is 2. The first-order valence-electron chi connectivity index (χ1n) is 6.28. The first-order chi connectivity index (χ1) is 9.25. The van der Waals surface area contributed by atoms with Crippen LogP contribution < -0.4 is 10.2 Å². The van der Waals surface area contributed by atoms with E-state index in [1.54, 1.807) is 6.33 Å². The van der Waals surface area contributed by atoms with E-state index in [2.05, 4.69) is 48.2 Å². The molecule has 3 rings (SSSR count). The molecule has 1 aliphatic rings. The second-order valence-corrected chi connectivity index (χ2v) is 5.50. The summed E-state index contributed by atoms with van der Waals surface area (Å²) in [6.45, 7) is 1.83. The van der Waals surface area contributed by atoms with Crippen molar-refractivity contribution in [1.29, 1.82) is 0 Å². The predicted octanol–water partition coefficient (Wildman–Crippen LogP) is 2.65. The van der Waals surface area contributed by atoms with E-state index in [0.717, 1.165) is 41.2 Å². The summed E-state index contributed by atoms with van der Waals surface area (Å²) in [5.41, 5.74) is 3.49. The van der Waals surface area contributed by atoms with Gasteiger partial charge in [0.15, 0.2) is 0 Å². The highest BCUT2D eigenvalue weighted by atomic mass is 79.9. The highest BCUT2D eigenvalue weighted by Gasteiger charge is 2.18. The van der Waals surface area contributed by atoms with Gasteiger partial charge in [0.1, 0.15) is 12.1 Å². The maximum atomic E-state index is 4.45. The van der Waals surface area contributed by atoms with Crippen molar-refractivity contribution < 1.29 is 0 Å². The van der Waals surface area contributed by atoms with Crippen LogP contribution in [0.15, 0.2) is 35.1 Å². The standard InChI is InChI=1S/C14H15BrN4/c1-19(11-4-2-10(15)3-5-11)14-12-8-16-7-6-13(12)17-9-18-14/h2-5,9,16H,6-8H2,1H3. The third-order valence-electron chi connectivity index (χ3n) is 3.38. The minimum Gasteiger partial charge on any atom is -0.329 e. The van der Waals surface area contributed by atoms with Crippen LogP contribution in [-0.2, 0) is 13.0 Å². The average Bonchev–Trinajstić information content (AvgIpc) is 2.47. The Morgan fingerprint density at radius 1 is 1.21 bits per heavy atom. The van der Waals surface area contributed by atoms with Gasteiger partial charge >= 0.3 is 0 Å². The van der Waals surface area contributed by atoms with E-state index in [4.69, 9.17) is 0 Å². The number of halogens is 1. The Morgan fingerprint density at radius 3 is 2.79 bits per heavy atom. The largest absolute Gasteiger partial charge is 0.329 e. The second kappa shape index (κ2) is 5.27. The fourth-order valence-corrected chi connectivity index (χ4v) is 2.60. The molecule has 4 nitrogen and oxygen atoms in total. The van der Waals surface area contributed by atoms with E-state index in [1.807, 2.05) is 19.2 Å². The lowest BCUT2D eigenvalue weighted by molar-refractivity contribution is 0.625. The number of nitrogens with one attached hydrogen (secondary N) is 1. The molecular weight excluding hydrogens is 304 g/mol. The van der Waals surface area contributed by atoms with Crippen LogP contribution in [0.4, 0.5) is 11.5 Å². The summed E-state index contributed by atoms with van der Waals surface area (Å²) in [7, 11) is 2.04. The molecule has 2 aromatic rings. The highest BCUT2D eigenvalue weighted by Crippen LogP contribution is 2.28. The minimum absolute atomic E-state index is 0.840. The lowest BCUT2D eigenvalue weighted by Crippen LogP contribution is -2.27. The SMILES string of the molecule is CN(c1ccc(Br)cc1)c1ncnc2c1CNCC2. The summed E-state index contributed by atoms with van der Waals surface area (Å²) in [4.78, 5) is 10.9. The van der Waals surface area contributed by atoms with Gasteiger partial charge < -0.3 is 10.2 Å². The molecule has 0 radical (unpaired) electrons. The van der Waals surface area contributed by atoms with Crippen LogP contribution >= 0.6 is 15.9 Å². The molecule has 0 bridgehead atoms. The maximum Gasteiger partial charge on any atom is 0.140 e. The second-order valence-electron chi connectivity index (χ2n) is 4.58. The number of hydrogen-bond acceptors (Lipinski definition) is 4. The molecule has 1 aromatic heterocycles. The third kappa shape index (κ3) is 2.48. The minimum atomic E-state index is 0.840. The molecule has 1 N–H and O–H groups in total. The molecule has 0 unspecified atom stereocenters. The average molecular weight is 319 g/mol. The number of rotatable bonds is 2. The number of hydrogen-bond donors (Lipinski definition) is 1. The molecule has 2 heterocycles. The van der Waals surface area contributed by atoms with Crippen LogP contribution in [0, 0.1) is 0 Å². The van der Waals surface area contributed by atoms with E-state index in [-0.39, 0.29) is 0 Å². The summed E-state index contributed by atoms with van der Waals surface area (Å²) in [5, 5.41) is 3.38. The van der Waals surface area contributed by atoms with Gasteiger partial charge in [0, 0.05) is 42.3 Å². The molecule has 0 atom stereocenters. The van der Waals surface area contributed by atoms with E-state index in [0.29, 0.717) is 0 Å². The van der Waals surface area contributed by atoms with Crippen molar-refractivity contribution in [3.8, 4) is 0 Å². The lowest BCUT2D eigenvalue weighted by Gasteiger charge is -2.25. The maximum absolute atomic E-state index is 4.45. The number of benzene rings is 1. The Kier molecular flexibility index (Phi) is 3.48. The van der Waals surface area contributed by atoms with Gasteiger partial charge in [-0.1, -0.05) is 15.9 Å². The molecule has 19 heavy (non-hydrogen) atoms. The quantitative estimate of drug-likeness (QED) is 0.924. The Hall–Kier alpha value is -1.46. The number of anilines is 2. The van der Waals surface area contributed by atoms with Gasteiger partial charge in [0.05, 0.1) is 5.69 Å². The Bertz CT molecular complexity index is 582. The van der Waals surface area contributed by atoms with E-state index >= 15 is 0 Å². The van der Waals surface area contributed by atoms with Gasteiger partial charge in [-0.3, -0.25) is 0 Å². The van der Waals surface area contributed by atoms with Crippen molar-refractivity contribution in [2.75, 3.05) is 18.5 Å². The van der Waals surface area contributed by atoms with E-state index in [1.165, 1.54) is 5.56 Å². The molecule has 0 amide bonds. The Labute approximate surface area is 121 Å². The van der Waals surface area contributed by atoms with E-state index in [9.17, 15) is 0 Å². The Balaban J connectivity index is 1.99. The topological polar surface area (TPSA) is 41.1 Å². The summed E-state index contributed by atoms with van der Waals surface area (Å²) in [6.07, 6.45) is 2.63. The molecule has 0 saturated carbocycles. The first-order valence-corrected chi connectivity index (χ1v) is 7.08. The number of nitrogens with zero attached hydrogens (tertiary/aromatic N) is 3. The third-order valence-corrected chi connectivity index (χ3v) is 3.91. The van der Waals surface area contributed by atoms with Crippen molar-refractivity contribution in [3.05, 3.63) is 46.3 Å². The normalized spacial score (nSPS) is 14.0. The van der Waals surface area contributed by atoms with E-state index < -0.39 is 0 Å². The zero-order chi connectivity index (χ0) is 13.2. The lowest BCUT2D eigenvalue weighted by atomic mass is 10.1. The van der Waals surface area contributed by atoms with Gasteiger partial charge in [-0.2, -0.15) is 0 Å². The van der Waals surface area contributed by atoms with Crippen LogP contribution in [-0.4, -0.2) is 23.6 Å². The van der Waals surface area contributed by atoms with Gasteiger partial charge in [0.2, 0.25) is 0 Å². The summed E-state index contributed by atoms with van der Waals surface area (Å²) in [5.74, 6) is 0.986. The van der Waals surface area contributed by atoms with Crippen LogP contribution in [0.1, 0.15) is 11.3 Å². The predicted molar refractivity (Wildman–Crippen MR) is 79.6 cm³/mol. The molecule has 5 heteroatoms. The molecule has 0 saturated heterocycles. The summed E-state index contributed by atoms with van der Waals surface area (Å²) < 4.78 is 1.08. The molecule has 98 valence electrons. The highest BCUT2D eigenvalue weighted by molar-refractivity contribution is 9.10. The smallest absolute Gasteiger partial charge is 0.140 e. The fourth-order valence-electron chi connectivity index (χ4n) is 2.33. The molecule has 1 aromatic carbocycles. The van der Waals surface area contributed by atoms with Crippen molar-refractivity contribution in [2.24, 2.45) is 0 Å². The molecule has 0 spiro atoms. The van der Waals surface area contributed by atoms with Crippen LogP contribution in [0.3, 0.4) is 0 Å². The zero-order valence-corrected chi connectivity index (χ0v) is 12.3. The van der Waals surface area contributed by atoms with Crippen molar-refractivity contribution >= 4 is 27.4 Å². The number of fused-ring (bicyclic) bond motifs is 1. The molecular formula is C14H15BrN4. The zero-order valence-electron chi connectivity index (χ0n) is 10.7. The molecule has 0 fully saturated rings. The summed E-state index contributed by atoms with van der Waals surface area (Å²) in [6, 6.07) is 8.24. The van der Waals surface area contributed by atoms with Crippen LogP contribution in [0.2, 0.25) is 0 Å². The fraction of sp³-hybridized carbons (Fsp3) is 0.286. The van der Waals surface area contributed by atoms with Gasteiger partial charge in [-0.25, -0.2) is 9.97 Å². The Morgan fingerprint density at radius 2 is 2.00 bits per heavy atom. The molecule has 1 aliphatic heterocycles. The van der Waals surface area contributed by atoms with Crippen LogP contribution in [0.5, 0.6) is 0 Å². The van der Waals surface area contributed by atoms with Crippen molar-refractivity contribution in [2.45, 2.75) is 13.0 Å². The molecule has 0 aliphatic carbocycles. The van der Waals surface area contributed by atoms with Crippen molar-refractivity contribution in [3.63, 3.8) is 0 Å². The van der Waals surface area contributed by atoms with Crippen LogP contribution in [0.25, 0.3) is 0 Å².